The molecule has 9 heteroatoms. The number of nitrogens with two attached hydrogens (primary N) is 1. The molecule has 0 aliphatic heterocycles. The van der Waals surface area contributed by atoms with Gasteiger partial charge in [0.25, 0.3) is 0 Å². The molecule has 0 radical (unpaired) electrons. The molecule has 0 unspecified atom stereocenters. The Morgan fingerprint density at radius 2 is 2.03 bits per heavy atom. The van der Waals surface area contributed by atoms with Crippen LogP contribution in [0.15, 0.2) is 60.1 Å². The minimum atomic E-state index is -0.254. The molecule has 0 saturated carbocycles. The van der Waals surface area contributed by atoms with E-state index in [4.69, 9.17) is 10.6 Å². The third kappa shape index (κ3) is 4.19. The van der Waals surface area contributed by atoms with Crippen LogP contribution in [-0.2, 0) is 11.4 Å². The van der Waals surface area contributed by atoms with E-state index in [0.717, 1.165) is 22.2 Å². The molecule has 3 N–H and O–H groups in total. The summed E-state index contributed by atoms with van der Waals surface area (Å²) in [4.78, 5) is 13.3. The van der Waals surface area contributed by atoms with Gasteiger partial charge in [-0.25, -0.2) is 14.4 Å². The summed E-state index contributed by atoms with van der Waals surface area (Å²) in [6.07, 6.45) is 4.66. The summed E-state index contributed by atoms with van der Waals surface area (Å²) in [5.41, 5.74) is 9.25. The minimum Gasteiger partial charge on any atom is -0.396 e. The van der Waals surface area contributed by atoms with Crippen molar-refractivity contribution in [1.29, 1.82) is 0 Å². The first-order valence-corrected chi connectivity index (χ1v) is 9.37. The number of fused-ring (bicyclic) bond motifs is 1. The Hall–Kier alpha value is -4.01. The van der Waals surface area contributed by atoms with E-state index in [0.29, 0.717) is 30.4 Å². The maximum absolute atomic E-state index is 13.1. The average molecular weight is 405 g/mol. The zero-order chi connectivity index (χ0) is 20.9. The molecule has 8 nitrogen and oxygen atoms in total. The molecule has 2 aromatic heterocycles. The first-order valence-electron chi connectivity index (χ1n) is 9.37. The number of hydrogen-bond donors (Lipinski definition) is 2. The maximum Gasteiger partial charge on any atom is 0.144 e. The monoisotopic (exact) mass is 405 g/mol. The van der Waals surface area contributed by atoms with Gasteiger partial charge in [-0.1, -0.05) is 17.3 Å². The van der Waals surface area contributed by atoms with Crippen molar-refractivity contribution in [2.24, 2.45) is 5.16 Å². The second-order valence-electron chi connectivity index (χ2n) is 6.50. The van der Waals surface area contributed by atoms with E-state index in [-0.39, 0.29) is 5.82 Å². The molecule has 4 aromatic rings. The molecular formula is C21H20FN7O. The Kier molecular flexibility index (Phi) is 5.51. The van der Waals surface area contributed by atoms with Crippen LogP contribution in [-0.4, -0.2) is 32.6 Å². The van der Waals surface area contributed by atoms with Crippen molar-refractivity contribution >= 4 is 34.4 Å². The third-order valence-corrected chi connectivity index (χ3v) is 4.45. The molecule has 2 heterocycles. The lowest BCUT2D eigenvalue weighted by molar-refractivity contribution is 0.160. The van der Waals surface area contributed by atoms with E-state index in [1.807, 2.05) is 29.8 Å². The van der Waals surface area contributed by atoms with Crippen molar-refractivity contribution in [3.05, 3.63) is 71.9 Å². The SMILES string of the molecule is CCO/N=C/c1c(N)ncnc1Nc1ccc2c(cnn2Cc2ccc(F)cc2)c1. The average Bonchev–Trinajstić information content (AvgIpc) is 3.14. The Balaban J connectivity index is 1.58. The summed E-state index contributed by atoms with van der Waals surface area (Å²) < 4.78 is 15.0. The predicted molar refractivity (Wildman–Crippen MR) is 114 cm³/mol. The van der Waals surface area contributed by atoms with E-state index < -0.39 is 0 Å². The molecule has 0 aliphatic carbocycles. The molecule has 0 atom stereocenters. The van der Waals surface area contributed by atoms with Gasteiger partial charge in [-0.05, 0) is 42.8 Å². The normalized spacial score (nSPS) is 11.3. The number of nitrogens with one attached hydrogen (secondary N) is 1. The van der Waals surface area contributed by atoms with Crippen LogP contribution >= 0.6 is 0 Å². The smallest absolute Gasteiger partial charge is 0.144 e. The Morgan fingerprint density at radius 3 is 2.83 bits per heavy atom. The summed E-state index contributed by atoms with van der Waals surface area (Å²) in [5, 5.41) is 12.5. The van der Waals surface area contributed by atoms with Crippen LogP contribution in [0.1, 0.15) is 18.1 Å². The van der Waals surface area contributed by atoms with E-state index in [1.54, 1.807) is 18.3 Å². The van der Waals surface area contributed by atoms with Crippen LogP contribution in [0.4, 0.5) is 21.7 Å². The predicted octanol–water partition coefficient (Wildman–Crippen LogP) is 3.71. The number of halogens is 1. The number of anilines is 3. The highest BCUT2D eigenvalue weighted by Crippen LogP contribution is 2.24. The molecule has 0 aliphatic rings. The Labute approximate surface area is 172 Å². The fourth-order valence-electron chi connectivity index (χ4n) is 2.99. The fourth-order valence-corrected chi connectivity index (χ4v) is 2.99. The topological polar surface area (TPSA) is 103 Å². The standard InChI is InChI=1S/C21H20FN7O/c1-2-30-27-11-18-20(23)24-13-25-21(18)28-17-7-8-19-15(9-17)10-26-29(19)12-14-3-5-16(22)6-4-14/h3-11,13H,2,12H2,1H3,(H3,23,24,25,28)/b27-11+. The van der Waals surface area contributed by atoms with Gasteiger partial charge in [0.05, 0.1) is 30.0 Å². The minimum absolute atomic E-state index is 0.254. The molecule has 2 aromatic carbocycles. The molecule has 0 saturated heterocycles. The molecule has 0 fully saturated rings. The van der Waals surface area contributed by atoms with Gasteiger partial charge >= 0.3 is 0 Å². The quantitative estimate of drug-likeness (QED) is 0.359. The van der Waals surface area contributed by atoms with E-state index in [9.17, 15) is 4.39 Å². The van der Waals surface area contributed by atoms with Gasteiger partial charge in [0.15, 0.2) is 0 Å². The van der Waals surface area contributed by atoms with Crippen molar-refractivity contribution < 1.29 is 9.23 Å². The highest BCUT2D eigenvalue weighted by molar-refractivity contribution is 5.93. The van der Waals surface area contributed by atoms with Gasteiger partial charge < -0.3 is 15.9 Å². The van der Waals surface area contributed by atoms with Crippen LogP contribution < -0.4 is 11.1 Å². The van der Waals surface area contributed by atoms with Crippen molar-refractivity contribution in [2.45, 2.75) is 13.5 Å². The van der Waals surface area contributed by atoms with Crippen molar-refractivity contribution in [3.63, 3.8) is 0 Å². The number of nitrogen functional groups attached to an aromatic ring is 1. The van der Waals surface area contributed by atoms with Gasteiger partial charge in [-0.15, -0.1) is 0 Å². The van der Waals surface area contributed by atoms with Crippen LogP contribution in [0.2, 0.25) is 0 Å². The van der Waals surface area contributed by atoms with Gasteiger partial charge in [-0.2, -0.15) is 5.10 Å². The molecule has 30 heavy (non-hydrogen) atoms. The zero-order valence-electron chi connectivity index (χ0n) is 16.3. The molecule has 152 valence electrons. The van der Waals surface area contributed by atoms with Crippen molar-refractivity contribution in [3.8, 4) is 0 Å². The van der Waals surface area contributed by atoms with Crippen LogP contribution in [0.5, 0.6) is 0 Å². The number of nitrogens with zero attached hydrogens (tertiary/aromatic N) is 5. The number of oxime groups is 1. The lowest BCUT2D eigenvalue weighted by Crippen LogP contribution is -2.05. The summed E-state index contributed by atoms with van der Waals surface area (Å²) in [5.74, 6) is 0.559. The summed E-state index contributed by atoms with van der Waals surface area (Å²) in [6, 6.07) is 12.3. The van der Waals surface area contributed by atoms with E-state index >= 15 is 0 Å². The molecular weight excluding hydrogens is 385 g/mol. The van der Waals surface area contributed by atoms with Crippen LogP contribution in [0.25, 0.3) is 10.9 Å². The van der Waals surface area contributed by atoms with Crippen LogP contribution in [0.3, 0.4) is 0 Å². The number of benzene rings is 2. The second kappa shape index (κ2) is 8.56. The van der Waals surface area contributed by atoms with E-state index in [1.165, 1.54) is 24.7 Å². The molecule has 0 bridgehead atoms. The highest BCUT2D eigenvalue weighted by Gasteiger charge is 2.10. The summed E-state index contributed by atoms with van der Waals surface area (Å²) in [7, 11) is 0. The molecule has 0 spiro atoms. The van der Waals surface area contributed by atoms with Gasteiger partial charge in [0.1, 0.15) is 30.4 Å². The molecule has 4 rings (SSSR count). The van der Waals surface area contributed by atoms with Gasteiger partial charge in [0, 0.05) is 11.1 Å². The highest BCUT2D eigenvalue weighted by atomic mass is 19.1. The number of aromatic nitrogens is 4. The zero-order valence-corrected chi connectivity index (χ0v) is 16.3. The van der Waals surface area contributed by atoms with E-state index in [2.05, 4.69) is 25.5 Å². The Morgan fingerprint density at radius 1 is 1.20 bits per heavy atom. The number of hydrogen-bond acceptors (Lipinski definition) is 7. The second-order valence-corrected chi connectivity index (χ2v) is 6.50. The molecule has 0 amide bonds. The first kappa shape index (κ1) is 19.3. The van der Waals surface area contributed by atoms with Crippen molar-refractivity contribution in [2.75, 3.05) is 17.7 Å². The first-order chi connectivity index (χ1) is 14.6. The number of rotatable bonds is 7. The lowest BCUT2D eigenvalue weighted by Gasteiger charge is -2.10. The lowest BCUT2D eigenvalue weighted by atomic mass is 10.2. The summed E-state index contributed by atoms with van der Waals surface area (Å²) >= 11 is 0. The largest absolute Gasteiger partial charge is 0.396 e. The van der Waals surface area contributed by atoms with Crippen molar-refractivity contribution in [1.82, 2.24) is 19.7 Å². The van der Waals surface area contributed by atoms with Crippen LogP contribution in [0, 0.1) is 5.82 Å². The van der Waals surface area contributed by atoms with Gasteiger partial charge in [-0.3, -0.25) is 4.68 Å². The Bertz CT molecular complexity index is 1190. The summed E-state index contributed by atoms with van der Waals surface area (Å²) in [6.45, 7) is 2.84. The maximum atomic E-state index is 13.1. The fraction of sp³-hybridized carbons (Fsp3) is 0.143. The van der Waals surface area contributed by atoms with Gasteiger partial charge in [0.2, 0.25) is 0 Å². The third-order valence-electron chi connectivity index (χ3n) is 4.45.